The predicted octanol–water partition coefficient (Wildman–Crippen LogP) is 4.07. The number of morpholine rings is 1. The van der Waals surface area contributed by atoms with E-state index in [4.69, 9.17) is 16.3 Å². The molecule has 0 bridgehead atoms. The largest absolute Gasteiger partial charge is 0.378 e. The van der Waals surface area contributed by atoms with Crippen LogP contribution in [0.25, 0.3) is 22.2 Å². The summed E-state index contributed by atoms with van der Waals surface area (Å²) in [7, 11) is 0. The SMILES string of the molecule is Fc1ccc(-c2c(Cl)nc3ncccc3c2N2CCOCC2)c(F)c1. The lowest BCUT2D eigenvalue weighted by molar-refractivity contribution is 0.123. The Labute approximate surface area is 148 Å². The van der Waals surface area contributed by atoms with Gasteiger partial charge >= 0.3 is 0 Å². The number of anilines is 1. The van der Waals surface area contributed by atoms with Crippen molar-refractivity contribution in [3.05, 3.63) is 53.3 Å². The molecule has 1 aliphatic rings. The van der Waals surface area contributed by atoms with Gasteiger partial charge in [-0.1, -0.05) is 11.6 Å². The van der Waals surface area contributed by atoms with Crippen LogP contribution in [-0.2, 0) is 4.74 Å². The van der Waals surface area contributed by atoms with Crippen LogP contribution in [0.15, 0.2) is 36.5 Å². The highest BCUT2D eigenvalue weighted by molar-refractivity contribution is 6.34. The van der Waals surface area contributed by atoms with Crippen molar-refractivity contribution in [3.8, 4) is 11.1 Å². The molecule has 25 heavy (non-hydrogen) atoms. The monoisotopic (exact) mass is 361 g/mol. The Balaban J connectivity index is 2.03. The summed E-state index contributed by atoms with van der Waals surface area (Å²) < 4.78 is 33.2. The number of rotatable bonds is 2. The molecular formula is C18H14ClF2N3O. The molecule has 1 aromatic carbocycles. The van der Waals surface area contributed by atoms with Crippen LogP contribution in [0.2, 0.25) is 5.15 Å². The smallest absolute Gasteiger partial charge is 0.162 e. The maximum absolute atomic E-state index is 14.5. The van der Waals surface area contributed by atoms with E-state index in [1.54, 1.807) is 12.3 Å². The number of aromatic nitrogens is 2. The highest BCUT2D eigenvalue weighted by Crippen LogP contribution is 2.41. The third kappa shape index (κ3) is 2.92. The minimum atomic E-state index is -0.679. The Morgan fingerprint density at radius 1 is 1.12 bits per heavy atom. The summed E-state index contributed by atoms with van der Waals surface area (Å²) in [6, 6.07) is 7.13. The van der Waals surface area contributed by atoms with Gasteiger partial charge in [0.25, 0.3) is 0 Å². The van der Waals surface area contributed by atoms with Crippen LogP contribution >= 0.6 is 11.6 Å². The van der Waals surface area contributed by atoms with E-state index in [9.17, 15) is 8.78 Å². The van der Waals surface area contributed by atoms with Gasteiger partial charge in [0.2, 0.25) is 0 Å². The molecule has 0 unspecified atom stereocenters. The average Bonchev–Trinajstić information content (AvgIpc) is 2.62. The van der Waals surface area contributed by atoms with Crippen molar-refractivity contribution < 1.29 is 13.5 Å². The average molecular weight is 362 g/mol. The van der Waals surface area contributed by atoms with Gasteiger partial charge in [0.1, 0.15) is 16.8 Å². The highest BCUT2D eigenvalue weighted by Gasteiger charge is 2.24. The molecule has 3 aromatic rings. The van der Waals surface area contributed by atoms with Crippen molar-refractivity contribution in [2.45, 2.75) is 0 Å². The molecule has 0 aliphatic carbocycles. The summed E-state index contributed by atoms with van der Waals surface area (Å²) in [5.74, 6) is -1.32. The molecule has 0 amide bonds. The summed E-state index contributed by atoms with van der Waals surface area (Å²) in [6.45, 7) is 2.40. The van der Waals surface area contributed by atoms with Crippen LogP contribution in [-0.4, -0.2) is 36.3 Å². The molecule has 0 N–H and O–H groups in total. The minimum Gasteiger partial charge on any atom is -0.378 e. The normalized spacial score (nSPS) is 14.9. The van der Waals surface area contributed by atoms with Crippen LogP contribution in [0.1, 0.15) is 0 Å². The molecule has 4 rings (SSSR count). The topological polar surface area (TPSA) is 38.2 Å². The minimum absolute atomic E-state index is 0.137. The van der Waals surface area contributed by atoms with Crippen LogP contribution < -0.4 is 4.90 Å². The Kier molecular flexibility index (Phi) is 4.23. The molecule has 1 aliphatic heterocycles. The maximum Gasteiger partial charge on any atom is 0.162 e. The summed E-state index contributed by atoms with van der Waals surface area (Å²) in [4.78, 5) is 10.7. The second-order valence-corrected chi connectivity index (χ2v) is 6.08. The molecule has 1 fully saturated rings. The zero-order valence-electron chi connectivity index (χ0n) is 13.2. The van der Waals surface area contributed by atoms with E-state index in [1.165, 1.54) is 12.1 Å². The molecule has 2 aromatic heterocycles. The number of halogens is 3. The molecule has 128 valence electrons. The number of pyridine rings is 2. The van der Waals surface area contributed by atoms with Gasteiger partial charge in [0.05, 0.1) is 18.9 Å². The van der Waals surface area contributed by atoms with Crippen LogP contribution in [0.4, 0.5) is 14.5 Å². The van der Waals surface area contributed by atoms with Gasteiger partial charge in [0.15, 0.2) is 5.65 Å². The van der Waals surface area contributed by atoms with Gasteiger partial charge < -0.3 is 9.64 Å². The fourth-order valence-electron chi connectivity index (χ4n) is 3.10. The van der Waals surface area contributed by atoms with Crippen LogP contribution in [0.5, 0.6) is 0 Å². The molecule has 3 heterocycles. The molecule has 0 saturated carbocycles. The predicted molar refractivity (Wildman–Crippen MR) is 92.9 cm³/mol. The quantitative estimate of drug-likeness (QED) is 0.645. The van der Waals surface area contributed by atoms with Crippen molar-refractivity contribution in [3.63, 3.8) is 0 Å². The number of hydrogen-bond donors (Lipinski definition) is 0. The van der Waals surface area contributed by atoms with E-state index in [-0.39, 0.29) is 10.7 Å². The zero-order chi connectivity index (χ0) is 17.4. The van der Waals surface area contributed by atoms with E-state index in [0.29, 0.717) is 37.5 Å². The van der Waals surface area contributed by atoms with E-state index < -0.39 is 11.6 Å². The lowest BCUT2D eigenvalue weighted by Crippen LogP contribution is -2.36. The van der Waals surface area contributed by atoms with Crippen molar-refractivity contribution in [1.82, 2.24) is 9.97 Å². The number of ether oxygens (including phenoxy) is 1. The van der Waals surface area contributed by atoms with Gasteiger partial charge in [-0.05, 0) is 24.3 Å². The first-order chi connectivity index (χ1) is 12.1. The summed E-state index contributed by atoms with van der Waals surface area (Å²) in [5, 5.41) is 0.908. The Bertz CT molecular complexity index is 945. The molecule has 0 radical (unpaired) electrons. The molecule has 1 saturated heterocycles. The molecule has 7 heteroatoms. The number of nitrogens with zero attached hydrogens (tertiary/aromatic N) is 3. The Hall–Kier alpha value is -2.31. The van der Waals surface area contributed by atoms with E-state index >= 15 is 0 Å². The second kappa shape index (κ2) is 6.54. The standard InChI is InChI=1S/C18H14ClF2N3O/c19-17-15(12-4-3-11(20)10-14(12)21)16(24-6-8-25-9-7-24)13-2-1-5-22-18(13)23-17/h1-5,10H,6-9H2. The number of hydrogen-bond acceptors (Lipinski definition) is 4. The van der Waals surface area contributed by atoms with Gasteiger partial charge in [-0.25, -0.2) is 18.7 Å². The van der Waals surface area contributed by atoms with Crippen molar-refractivity contribution in [2.24, 2.45) is 0 Å². The zero-order valence-corrected chi connectivity index (χ0v) is 13.9. The van der Waals surface area contributed by atoms with Gasteiger partial charge in [-0.3, -0.25) is 0 Å². The van der Waals surface area contributed by atoms with Crippen LogP contribution in [0, 0.1) is 11.6 Å². The third-order valence-electron chi connectivity index (χ3n) is 4.22. The first-order valence-electron chi connectivity index (χ1n) is 7.87. The Morgan fingerprint density at radius 2 is 1.92 bits per heavy atom. The molecule has 0 spiro atoms. The number of fused-ring (bicyclic) bond motifs is 1. The molecule has 0 atom stereocenters. The van der Waals surface area contributed by atoms with Crippen molar-refractivity contribution in [2.75, 3.05) is 31.2 Å². The lowest BCUT2D eigenvalue weighted by atomic mass is 10.0. The highest BCUT2D eigenvalue weighted by atomic mass is 35.5. The van der Waals surface area contributed by atoms with E-state index in [1.807, 2.05) is 6.07 Å². The van der Waals surface area contributed by atoms with Gasteiger partial charge in [0, 0.05) is 41.9 Å². The fourth-order valence-corrected chi connectivity index (χ4v) is 3.37. The van der Waals surface area contributed by atoms with Crippen molar-refractivity contribution in [1.29, 1.82) is 0 Å². The first kappa shape index (κ1) is 16.2. The maximum atomic E-state index is 14.5. The molecule has 4 nitrogen and oxygen atoms in total. The Morgan fingerprint density at radius 3 is 2.68 bits per heavy atom. The summed E-state index contributed by atoms with van der Waals surface area (Å²) in [5.41, 5.74) is 1.89. The summed E-state index contributed by atoms with van der Waals surface area (Å²) in [6.07, 6.45) is 1.63. The lowest BCUT2D eigenvalue weighted by Gasteiger charge is -2.31. The van der Waals surface area contributed by atoms with E-state index in [0.717, 1.165) is 17.1 Å². The van der Waals surface area contributed by atoms with Crippen LogP contribution in [0.3, 0.4) is 0 Å². The second-order valence-electron chi connectivity index (χ2n) is 5.72. The van der Waals surface area contributed by atoms with Gasteiger partial charge in [-0.15, -0.1) is 0 Å². The third-order valence-corrected chi connectivity index (χ3v) is 4.49. The van der Waals surface area contributed by atoms with Crippen molar-refractivity contribution >= 4 is 28.3 Å². The molecular weight excluding hydrogens is 348 g/mol. The first-order valence-corrected chi connectivity index (χ1v) is 8.25. The van der Waals surface area contributed by atoms with Gasteiger partial charge in [-0.2, -0.15) is 0 Å². The number of benzene rings is 1. The fraction of sp³-hybridized carbons (Fsp3) is 0.222. The van der Waals surface area contributed by atoms with E-state index in [2.05, 4.69) is 14.9 Å². The summed E-state index contributed by atoms with van der Waals surface area (Å²) >= 11 is 6.40.